The van der Waals surface area contributed by atoms with Crippen LogP contribution in [-0.2, 0) is 28.5 Å². The summed E-state index contributed by atoms with van der Waals surface area (Å²) in [4.78, 5) is 14.8. The molecule has 6 aliphatic rings. The second-order valence-electron chi connectivity index (χ2n) is 19.0. The van der Waals surface area contributed by atoms with Gasteiger partial charge in [-0.25, -0.2) is 0 Å². The Bertz CT molecular complexity index is 1200. The first-order valence-corrected chi connectivity index (χ1v) is 19.3. The second kappa shape index (κ2) is 14.4. The van der Waals surface area contributed by atoms with Gasteiger partial charge >= 0.3 is 5.97 Å². The van der Waals surface area contributed by atoms with Gasteiger partial charge in [-0.05, 0) is 130 Å². The van der Waals surface area contributed by atoms with E-state index < -0.39 is 36.1 Å². The SMILES string of the molecule is CCOC1C(OC(=O)C23CCC(C)(C)CC2C2CCC4[C@@]5(C)CCC(OC)C(C)(CO)C5CC[C@@]4(C)[C@]2(C)CC3)OC(C)C(O)C1OC.[Ac]. The smallest absolute Gasteiger partial charge is 0.314 e. The molecule has 279 valence electrons. The zero-order chi connectivity index (χ0) is 35.1. The fourth-order valence-corrected chi connectivity index (χ4v) is 13.7. The van der Waals surface area contributed by atoms with E-state index in [1.807, 2.05) is 14.0 Å². The molecule has 12 unspecified atom stereocenters. The molecule has 0 aromatic carbocycles. The van der Waals surface area contributed by atoms with E-state index in [-0.39, 0.29) is 95.7 Å². The van der Waals surface area contributed by atoms with Crippen molar-refractivity contribution in [3.05, 3.63) is 0 Å². The largest absolute Gasteiger partial charge is 0.432 e. The van der Waals surface area contributed by atoms with Gasteiger partial charge in [-0.15, -0.1) is 0 Å². The fourth-order valence-electron chi connectivity index (χ4n) is 13.7. The third-order valence-corrected chi connectivity index (χ3v) is 16.6. The Morgan fingerprint density at radius 3 is 2.14 bits per heavy atom. The third-order valence-electron chi connectivity index (χ3n) is 16.6. The molecule has 0 spiro atoms. The Kier molecular flexibility index (Phi) is 12.0. The quantitative estimate of drug-likeness (QED) is 0.266. The summed E-state index contributed by atoms with van der Waals surface area (Å²) < 4.78 is 30.4. The molecule has 5 aliphatic carbocycles. The van der Waals surface area contributed by atoms with Crippen LogP contribution in [0.5, 0.6) is 0 Å². The van der Waals surface area contributed by atoms with E-state index in [2.05, 4.69) is 41.5 Å². The van der Waals surface area contributed by atoms with Crippen molar-refractivity contribution in [3.8, 4) is 0 Å². The number of esters is 1. The predicted molar refractivity (Wildman–Crippen MR) is 184 cm³/mol. The Labute approximate surface area is 332 Å². The Morgan fingerprint density at radius 1 is 0.816 bits per heavy atom. The van der Waals surface area contributed by atoms with Crippen LogP contribution in [0.15, 0.2) is 0 Å². The van der Waals surface area contributed by atoms with Gasteiger partial charge in [-0.2, -0.15) is 0 Å². The normalized spacial score (nSPS) is 52.0. The summed E-state index contributed by atoms with van der Waals surface area (Å²) in [5, 5.41) is 21.6. The van der Waals surface area contributed by atoms with Crippen LogP contribution in [0.25, 0.3) is 0 Å². The van der Waals surface area contributed by atoms with Gasteiger partial charge in [-0.3, -0.25) is 4.79 Å². The number of hydrogen-bond acceptors (Lipinski definition) is 8. The van der Waals surface area contributed by atoms with Crippen molar-refractivity contribution >= 4 is 5.97 Å². The molecule has 0 aromatic rings. The summed E-state index contributed by atoms with van der Waals surface area (Å²) in [6, 6.07) is 0. The summed E-state index contributed by atoms with van der Waals surface area (Å²) in [6.07, 6.45) is 7.88. The van der Waals surface area contributed by atoms with Gasteiger partial charge < -0.3 is 33.9 Å². The summed E-state index contributed by atoms with van der Waals surface area (Å²) in [5.41, 5.74) is -0.218. The maximum Gasteiger partial charge on any atom is 0.314 e. The summed E-state index contributed by atoms with van der Waals surface area (Å²) in [7, 11) is 3.39. The zero-order valence-electron chi connectivity index (χ0n) is 32.4. The topological polar surface area (TPSA) is 104 Å². The van der Waals surface area contributed by atoms with Crippen molar-refractivity contribution in [1.29, 1.82) is 0 Å². The van der Waals surface area contributed by atoms with E-state index in [1.165, 1.54) is 6.42 Å². The average molecular weight is 904 g/mol. The number of ether oxygens (including phenoxy) is 5. The van der Waals surface area contributed by atoms with Crippen molar-refractivity contribution in [2.24, 2.45) is 56.2 Å². The van der Waals surface area contributed by atoms with Crippen LogP contribution in [0.3, 0.4) is 0 Å². The molecule has 8 nitrogen and oxygen atoms in total. The molecule has 15 atom stereocenters. The number of aliphatic hydroxyl groups is 2. The number of carbonyl (C=O) groups is 1. The molecule has 0 amide bonds. The Hall–Kier alpha value is 0.672. The van der Waals surface area contributed by atoms with E-state index >= 15 is 0 Å². The molecule has 1 saturated heterocycles. The molecule has 6 fully saturated rings. The van der Waals surface area contributed by atoms with E-state index in [0.29, 0.717) is 24.4 Å². The molecule has 9 heteroatoms. The molecule has 1 aliphatic heterocycles. The Balaban J connectivity index is 0.00000468. The van der Waals surface area contributed by atoms with Gasteiger partial charge in [0.15, 0.2) is 0 Å². The molecule has 49 heavy (non-hydrogen) atoms. The first kappa shape index (κ1) is 40.8. The molecule has 1 radical (unpaired) electrons. The molecule has 0 aromatic heterocycles. The maximum atomic E-state index is 14.8. The standard InChI is InChI=1S/C40H68O8.Ac/c1-11-46-32-31(45-10)30(42)24(2)47-33(32)48-34(43)40-20-18-35(3,4)22-26(40)25-12-13-28-36(5)16-15-29(44-9)37(6,23-41)27(36)14-17-39(28,8)38(25,7)19-21-40;/h24-33,41-42H,11-23H2,1-10H3;/t24?,25?,26?,27?,28?,29?,30?,31?,32?,33?,36-,37?,38+,39+,40?;/m0./s1. The van der Waals surface area contributed by atoms with Crippen molar-refractivity contribution in [2.75, 3.05) is 27.4 Å². The minimum atomic E-state index is -0.925. The zero-order valence-corrected chi connectivity index (χ0v) is 37.1. The third kappa shape index (κ3) is 6.11. The van der Waals surface area contributed by atoms with Gasteiger partial charge in [0.25, 0.3) is 0 Å². The number of rotatable bonds is 7. The number of carbonyl (C=O) groups excluding carboxylic acids is 1. The maximum absolute atomic E-state index is 14.8. The molecule has 1 heterocycles. The van der Waals surface area contributed by atoms with E-state index in [0.717, 1.165) is 64.2 Å². The average Bonchev–Trinajstić information content (AvgIpc) is 3.03. The number of methoxy groups -OCH3 is 2. The van der Waals surface area contributed by atoms with Gasteiger partial charge in [0, 0.05) is 70.3 Å². The first-order valence-electron chi connectivity index (χ1n) is 19.3. The van der Waals surface area contributed by atoms with E-state index in [4.69, 9.17) is 23.7 Å². The van der Waals surface area contributed by atoms with E-state index in [1.54, 1.807) is 14.0 Å². The number of aliphatic hydroxyl groups excluding tert-OH is 2. The molecular formula is C40H68AcO8. The van der Waals surface area contributed by atoms with Gasteiger partial charge in [0.2, 0.25) is 6.29 Å². The summed E-state index contributed by atoms with van der Waals surface area (Å²) in [5.74, 6) is 1.53. The van der Waals surface area contributed by atoms with Gasteiger partial charge in [-0.1, -0.05) is 41.5 Å². The van der Waals surface area contributed by atoms with Crippen LogP contribution in [0.1, 0.15) is 126 Å². The minimum absolute atomic E-state index is 0. The van der Waals surface area contributed by atoms with Crippen molar-refractivity contribution in [2.45, 2.75) is 163 Å². The minimum Gasteiger partial charge on any atom is -0.432 e. The van der Waals surface area contributed by atoms with Crippen LogP contribution in [-0.4, -0.2) is 80.4 Å². The first-order chi connectivity index (χ1) is 22.5. The van der Waals surface area contributed by atoms with Gasteiger partial charge in [0.05, 0.1) is 24.2 Å². The van der Waals surface area contributed by atoms with Crippen LogP contribution in [0.4, 0.5) is 0 Å². The summed E-state index contributed by atoms with van der Waals surface area (Å²) >= 11 is 0. The van der Waals surface area contributed by atoms with Crippen molar-refractivity contribution < 1.29 is 82.8 Å². The monoisotopic (exact) mass is 904 g/mol. The van der Waals surface area contributed by atoms with Crippen LogP contribution >= 0.6 is 0 Å². The number of fused-ring (bicyclic) bond motifs is 7. The van der Waals surface area contributed by atoms with E-state index in [9.17, 15) is 15.0 Å². The van der Waals surface area contributed by atoms with Crippen molar-refractivity contribution in [1.82, 2.24) is 0 Å². The molecular weight excluding hydrogens is 835 g/mol. The molecule has 6 rings (SSSR count). The second-order valence-corrected chi connectivity index (χ2v) is 19.0. The van der Waals surface area contributed by atoms with Gasteiger partial charge in [0.1, 0.15) is 18.3 Å². The van der Waals surface area contributed by atoms with Crippen LogP contribution in [0.2, 0.25) is 0 Å². The summed E-state index contributed by atoms with van der Waals surface area (Å²) in [6.45, 7) is 19.1. The number of hydrogen-bond donors (Lipinski definition) is 2. The van der Waals surface area contributed by atoms with Crippen LogP contribution in [0, 0.1) is 100 Å². The van der Waals surface area contributed by atoms with Crippen LogP contribution < -0.4 is 0 Å². The van der Waals surface area contributed by atoms with Crippen molar-refractivity contribution in [3.63, 3.8) is 0 Å². The Morgan fingerprint density at radius 2 is 1.51 bits per heavy atom. The molecule has 2 N–H and O–H groups in total. The predicted octanol–water partition coefficient (Wildman–Crippen LogP) is 6.92. The molecule has 5 saturated carbocycles. The fraction of sp³-hybridized carbons (Fsp3) is 0.975. The molecule has 0 bridgehead atoms.